The first-order valence-corrected chi connectivity index (χ1v) is 8.13. The van der Waals surface area contributed by atoms with E-state index in [4.69, 9.17) is 4.74 Å². The molecule has 0 unspecified atom stereocenters. The highest BCUT2D eigenvalue weighted by Gasteiger charge is 2.26. The summed E-state index contributed by atoms with van der Waals surface area (Å²) in [5.41, 5.74) is 1.53. The van der Waals surface area contributed by atoms with Gasteiger partial charge in [-0.25, -0.2) is 0 Å². The minimum atomic E-state index is -0.0788. The van der Waals surface area contributed by atoms with Gasteiger partial charge in [0.2, 0.25) is 0 Å². The number of hydrogen-bond donors (Lipinski definition) is 1. The molecule has 5 nitrogen and oxygen atoms in total. The highest BCUT2D eigenvalue weighted by atomic mass is 16.5. The summed E-state index contributed by atoms with van der Waals surface area (Å²) in [4.78, 5) is 18.3. The van der Waals surface area contributed by atoms with Gasteiger partial charge < -0.3 is 9.84 Å². The molecule has 2 aromatic rings. The van der Waals surface area contributed by atoms with Crippen molar-refractivity contribution in [1.29, 1.82) is 0 Å². The Labute approximate surface area is 135 Å². The maximum absolute atomic E-state index is 11.8. The third-order valence-corrected chi connectivity index (χ3v) is 4.43. The summed E-state index contributed by atoms with van der Waals surface area (Å²) in [7, 11) is 0. The van der Waals surface area contributed by atoms with Crippen LogP contribution in [0.1, 0.15) is 25.3 Å². The number of esters is 1. The molecule has 1 N–H and O–H groups in total. The van der Waals surface area contributed by atoms with Crippen molar-refractivity contribution in [3.05, 3.63) is 36.0 Å². The van der Waals surface area contributed by atoms with Crippen molar-refractivity contribution >= 4 is 16.9 Å². The quantitative estimate of drug-likeness (QED) is 0.879. The number of aromatic hydroxyl groups is 1. The zero-order chi connectivity index (χ0) is 16.2. The third-order valence-electron chi connectivity index (χ3n) is 4.43. The lowest BCUT2D eigenvalue weighted by Gasteiger charge is -2.31. The van der Waals surface area contributed by atoms with Crippen LogP contribution in [0.25, 0.3) is 10.9 Å². The molecule has 0 aliphatic carbocycles. The lowest BCUT2D eigenvalue weighted by atomic mass is 9.96. The summed E-state index contributed by atoms with van der Waals surface area (Å²) in [6.45, 7) is 4.63. The van der Waals surface area contributed by atoms with E-state index in [1.54, 1.807) is 6.20 Å². The van der Waals surface area contributed by atoms with E-state index >= 15 is 0 Å². The van der Waals surface area contributed by atoms with Crippen molar-refractivity contribution in [3.63, 3.8) is 0 Å². The van der Waals surface area contributed by atoms with E-state index in [2.05, 4.69) is 9.88 Å². The normalized spacial score (nSPS) is 16.6. The number of phenols is 1. The molecule has 2 heterocycles. The summed E-state index contributed by atoms with van der Waals surface area (Å²) in [6.07, 6.45) is 3.31. The molecule has 1 aromatic heterocycles. The van der Waals surface area contributed by atoms with E-state index in [0.717, 1.165) is 36.9 Å². The van der Waals surface area contributed by atoms with E-state index in [0.29, 0.717) is 18.7 Å². The van der Waals surface area contributed by atoms with Crippen LogP contribution in [0.3, 0.4) is 0 Å². The highest BCUT2D eigenvalue weighted by Crippen LogP contribution is 2.29. The Kier molecular flexibility index (Phi) is 4.76. The fourth-order valence-corrected chi connectivity index (χ4v) is 3.13. The van der Waals surface area contributed by atoms with Crippen LogP contribution in [-0.2, 0) is 16.1 Å². The molecule has 1 fully saturated rings. The summed E-state index contributed by atoms with van der Waals surface area (Å²) >= 11 is 0. The third kappa shape index (κ3) is 3.45. The first kappa shape index (κ1) is 15.7. The molecule has 1 aromatic carbocycles. The number of ether oxygens (including phenoxy) is 1. The lowest BCUT2D eigenvalue weighted by Crippen LogP contribution is -2.36. The topological polar surface area (TPSA) is 62.7 Å². The van der Waals surface area contributed by atoms with Crippen molar-refractivity contribution in [2.45, 2.75) is 26.3 Å². The molecular weight excluding hydrogens is 292 g/mol. The van der Waals surface area contributed by atoms with Crippen LogP contribution >= 0.6 is 0 Å². The summed E-state index contributed by atoms with van der Waals surface area (Å²) in [5, 5.41) is 11.4. The number of rotatable bonds is 4. The monoisotopic (exact) mass is 314 g/mol. The fraction of sp³-hybridized carbons (Fsp3) is 0.444. The number of nitrogens with zero attached hydrogens (tertiary/aromatic N) is 2. The molecule has 1 saturated heterocycles. The van der Waals surface area contributed by atoms with Crippen molar-refractivity contribution in [2.75, 3.05) is 19.7 Å². The van der Waals surface area contributed by atoms with E-state index in [1.807, 2.05) is 31.2 Å². The van der Waals surface area contributed by atoms with Crippen LogP contribution in [0.2, 0.25) is 0 Å². The van der Waals surface area contributed by atoms with Crippen molar-refractivity contribution in [2.24, 2.45) is 5.92 Å². The van der Waals surface area contributed by atoms with Crippen molar-refractivity contribution < 1.29 is 14.6 Å². The second-order valence-corrected chi connectivity index (χ2v) is 5.95. The molecule has 0 atom stereocenters. The number of likely N-dealkylation sites (tertiary alicyclic amines) is 1. The molecule has 1 aliphatic rings. The average molecular weight is 314 g/mol. The Hall–Kier alpha value is -2.14. The Bertz CT molecular complexity index is 694. The van der Waals surface area contributed by atoms with Gasteiger partial charge in [0, 0.05) is 23.7 Å². The Morgan fingerprint density at radius 3 is 2.87 bits per heavy atom. The fourth-order valence-electron chi connectivity index (χ4n) is 3.13. The van der Waals surface area contributed by atoms with Gasteiger partial charge in [-0.05, 0) is 38.9 Å². The van der Waals surface area contributed by atoms with Crippen LogP contribution in [0.5, 0.6) is 5.75 Å². The number of phenolic OH excluding ortho intramolecular Hbond substituents is 1. The van der Waals surface area contributed by atoms with E-state index in [-0.39, 0.29) is 17.6 Å². The Morgan fingerprint density at radius 1 is 1.35 bits per heavy atom. The minimum absolute atomic E-state index is 0.0121. The number of pyridine rings is 1. The van der Waals surface area contributed by atoms with Crippen LogP contribution in [0.4, 0.5) is 0 Å². The second-order valence-electron chi connectivity index (χ2n) is 5.95. The molecule has 0 amide bonds. The van der Waals surface area contributed by atoms with Crippen LogP contribution < -0.4 is 0 Å². The zero-order valence-electron chi connectivity index (χ0n) is 13.4. The largest absolute Gasteiger partial charge is 0.505 e. The summed E-state index contributed by atoms with van der Waals surface area (Å²) < 4.78 is 5.10. The van der Waals surface area contributed by atoms with Crippen molar-refractivity contribution in [1.82, 2.24) is 9.88 Å². The predicted octanol–water partition coefficient (Wildman–Crippen LogP) is 2.72. The minimum Gasteiger partial charge on any atom is -0.505 e. The number of benzene rings is 1. The first-order chi connectivity index (χ1) is 11.2. The molecule has 0 bridgehead atoms. The molecule has 0 radical (unpaired) electrons. The zero-order valence-corrected chi connectivity index (χ0v) is 13.4. The van der Waals surface area contributed by atoms with Crippen LogP contribution in [0.15, 0.2) is 30.5 Å². The van der Waals surface area contributed by atoms with Crippen LogP contribution in [-0.4, -0.2) is 40.7 Å². The molecule has 5 heteroatoms. The maximum atomic E-state index is 11.8. The average Bonchev–Trinajstić information content (AvgIpc) is 2.58. The highest BCUT2D eigenvalue weighted by molar-refractivity contribution is 5.85. The number of carbonyl (C=O) groups excluding carboxylic acids is 1. The van der Waals surface area contributed by atoms with Gasteiger partial charge in [0.05, 0.1) is 12.5 Å². The standard InChI is InChI=1S/C18H22N2O3/c1-2-23-18(22)14-7-10-20(11-8-14)12-15-6-5-13-4-3-9-19-16(13)17(15)21/h3-6,9,14,21H,2,7-8,10-12H2,1H3. The van der Waals surface area contributed by atoms with Crippen molar-refractivity contribution in [3.8, 4) is 5.75 Å². The van der Waals surface area contributed by atoms with Gasteiger partial charge in [-0.1, -0.05) is 18.2 Å². The summed E-state index contributed by atoms with van der Waals surface area (Å²) in [6, 6.07) is 7.75. The molecular formula is C18H22N2O3. The smallest absolute Gasteiger partial charge is 0.309 e. The number of hydrogen-bond acceptors (Lipinski definition) is 5. The molecule has 1 aliphatic heterocycles. The van der Waals surface area contributed by atoms with Gasteiger partial charge in [0.1, 0.15) is 11.3 Å². The first-order valence-electron chi connectivity index (χ1n) is 8.13. The Balaban J connectivity index is 1.65. The van der Waals surface area contributed by atoms with E-state index in [1.165, 1.54) is 0 Å². The molecule has 122 valence electrons. The molecule has 0 spiro atoms. The Morgan fingerprint density at radius 2 is 2.13 bits per heavy atom. The predicted molar refractivity (Wildman–Crippen MR) is 88.0 cm³/mol. The van der Waals surface area contributed by atoms with Crippen LogP contribution in [0, 0.1) is 5.92 Å². The molecule has 23 heavy (non-hydrogen) atoms. The van der Waals surface area contributed by atoms with Gasteiger partial charge in [0.25, 0.3) is 0 Å². The second kappa shape index (κ2) is 6.96. The molecule has 0 saturated carbocycles. The number of aromatic nitrogens is 1. The maximum Gasteiger partial charge on any atom is 0.309 e. The van der Waals surface area contributed by atoms with Gasteiger partial charge in [0.15, 0.2) is 0 Å². The van der Waals surface area contributed by atoms with Gasteiger partial charge in [-0.15, -0.1) is 0 Å². The molecule has 3 rings (SSSR count). The number of piperidine rings is 1. The number of carbonyl (C=O) groups is 1. The van der Waals surface area contributed by atoms with E-state index < -0.39 is 0 Å². The van der Waals surface area contributed by atoms with E-state index in [9.17, 15) is 9.90 Å². The van der Waals surface area contributed by atoms with Gasteiger partial charge in [-0.2, -0.15) is 0 Å². The lowest BCUT2D eigenvalue weighted by molar-refractivity contribution is -0.149. The van der Waals surface area contributed by atoms with Gasteiger partial charge >= 0.3 is 5.97 Å². The summed E-state index contributed by atoms with van der Waals surface area (Å²) in [5.74, 6) is 0.193. The van der Waals surface area contributed by atoms with Gasteiger partial charge in [-0.3, -0.25) is 14.7 Å². The number of fused-ring (bicyclic) bond motifs is 1. The SMILES string of the molecule is CCOC(=O)C1CCN(Cc2ccc3cccnc3c2O)CC1.